The van der Waals surface area contributed by atoms with Gasteiger partial charge in [-0.3, -0.25) is 4.98 Å². The third-order valence-corrected chi connectivity index (χ3v) is 2.14. The first-order valence-corrected chi connectivity index (χ1v) is 4.26. The lowest BCUT2D eigenvalue weighted by molar-refractivity contribution is 0.638. The lowest BCUT2D eigenvalue weighted by Gasteiger charge is -1.97. The van der Waals surface area contributed by atoms with Crippen LogP contribution in [0.5, 0.6) is 0 Å². The van der Waals surface area contributed by atoms with E-state index >= 15 is 0 Å². The summed E-state index contributed by atoms with van der Waals surface area (Å²) in [7, 11) is 0. The van der Waals surface area contributed by atoms with E-state index in [1.807, 2.05) is 0 Å². The van der Waals surface area contributed by atoms with Crippen LogP contribution in [0, 0.1) is 5.82 Å². The van der Waals surface area contributed by atoms with Crippen LogP contribution in [0.15, 0.2) is 34.9 Å². The minimum absolute atomic E-state index is 0.229. The summed E-state index contributed by atoms with van der Waals surface area (Å²) in [5.74, 6) is -0.229. The van der Waals surface area contributed by atoms with E-state index in [1.165, 1.54) is 12.3 Å². The minimum atomic E-state index is -0.229. The third-order valence-electron chi connectivity index (χ3n) is 1.65. The number of hydrogen-bond acceptors (Lipinski definition) is 1. The van der Waals surface area contributed by atoms with Crippen molar-refractivity contribution in [2.75, 3.05) is 0 Å². The van der Waals surface area contributed by atoms with Gasteiger partial charge in [-0.2, -0.15) is 0 Å². The molecule has 0 aliphatic rings. The summed E-state index contributed by atoms with van der Waals surface area (Å²) in [5.41, 5.74) is 0.671. The molecular formula is C9H5BrFN. The molecule has 0 bridgehead atoms. The summed E-state index contributed by atoms with van der Waals surface area (Å²) < 4.78 is 14.0. The number of benzene rings is 1. The first-order valence-electron chi connectivity index (χ1n) is 3.47. The molecule has 0 spiro atoms. The first-order chi connectivity index (χ1) is 5.77. The molecule has 3 heteroatoms. The van der Waals surface area contributed by atoms with E-state index in [2.05, 4.69) is 20.9 Å². The molecule has 1 aromatic carbocycles. The Morgan fingerprint density at radius 3 is 2.92 bits per heavy atom. The Bertz CT molecular complexity index is 428. The molecule has 1 heterocycles. The van der Waals surface area contributed by atoms with Crippen molar-refractivity contribution in [3.63, 3.8) is 0 Å². The minimum Gasteiger partial charge on any atom is -0.256 e. The van der Waals surface area contributed by atoms with Gasteiger partial charge in [0.15, 0.2) is 0 Å². The zero-order chi connectivity index (χ0) is 8.55. The van der Waals surface area contributed by atoms with Gasteiger partial charge in [-0.1, -0.05) is 15.9 Å². The molecule has 0 amide bonds. The van der Waals surface area contributed by atoms with Crippen molar-refractivity contribution in [3.8, 4) is 0 Å². The Balaban J connectivity index is 2.86. The highest BCUT2D eigenvalue weighted by Crippen LogP contribution is 2.19. The number of fused-ring (bicyclic) bond motifs is 1. The van der Waals surface area contributed by atoms with Crippen LogP contribution in [0.25, 0.3) is 10.9 Å². The van der Waals surface area contributed by atoms with Gasteiger partial charge in [-0.15, -0.1) is 0 Å². The van der Waals surface area contributed by atoms with Gasteiger partial charge in [0, 0.05) is 16.1 Å². The van der Waals surface area contributed by atoms with Crippen LogP contribution in [-0.4, -0.2) is 4.98 Å². The molecule has 1 nitrogen and oxygen atoms in total. The van der Waals surface area contributed by atoms with Gasteiger partial charge in [0.1, 0.15) is 5.82 Å². The van der Waals surface area contributed by atoms with E-state index in [1.54, 1.807) is 18.2 Å². The predicted octanol–water partition coefficient (Wildman–Crippen LogP) is 3.14. The lowest BCUT2D eigenvalue weighted by atomic mass is 10.2. The summed E-state index contributed by atoms with van der Waals surface area (Å²) in [6, 6.07) is 6.66. The molecule has 0 fully saturated rings. The smallest absolute Gasteiger partial charge is 0.134 e. The molecule has 0 radical (unpaired) electrons. The lowest BCUT2D eigenvalue weighted by Crippen LogP contribution is -1.82. The summed E-state index contributed by atoms with van der Waals surface area (Å²) in [4.78, 5) is 4.03. The van der Waals surface area contributed by atoms with Crippen molar-refractivity contribution in [3.05, 3.63) is 40.8 Å². The Labute approximate surface area is 77.4 Å². The molecule has 60 valence electrons. The van der Waals surface area contributed by atoms with Gasteiger partial charge >= 0.3 is 0 Å². The average molecular weight is 226 g/mol. The molecule has 0 atom stereocenters. The predicted molar refractivity (Wildman–Crippen MR) is 49.4 cm³/mol. The van der Waals surface area contributed by atoms with E-state index in [0.717, 1.165) is 4.47 Å². The van der Waals surface area contributed by atoms with Crippen LogP contribution >= 0.6 is 15.9 Å². The molecule has 12 heavy (non-hydrogen) atoms. The van der Waals surface area contributed by atoms with Gasteiger partial charge in [0.25, 0.3) is 0 Å². The molecular weight excluding hydrogens is 221 g/mol. The summed E-state index contributed by atoms with van der Waals surface area (Å²) in [5, 5.41) is 0.556. The Morgan fingerprint density at radius 2 is 2.08 bits per heavy atom. The summed E-state index contributed by atoms with van der Waals surface area (Å²) in [6.45, 7) is 0. The fraction of sp³-hybridized carbons (Fsp3) is 0. The van der Waals surface area contributed by atoms with Gasteiger partial charge in [-0.05, 0) is 24.3 Å². The average Bonchev–Trinajstić information content (AvgIpc) is 2.04. The third kappa shape index (κ3) is 1.20. The maximum atomic E-state index is 13.1. The van der Waals surface area contributed by atoms with Crippen LogP contribution in [0.1, 0.15) is 0 Å². The second kappa shape index (κ2) is 2.83. The van der Waals surface area contributed by atoms with Crippen molar-refractivity contribution in [1.29, 1.82) is 0 Å². The number of pyridine rings is 1. The Hall–Kier alpha value is -0.960. The van der Waals surface area contributed by atoms with E-state index < -0.39 is 0 Å². The molecule has 0 saturated heterocycles. The van der Waals surface area contributed by atoms with Crippen molar-refractivity contribution in [1.82, 2.24) is 4.98 Å². The van der Waals surface area contributed by atoms with Crippen LogP contribution in [0.4, 0.5) is 4.39 Å². The summed E-state index contributed by atoms with van der Waals surface area (Å²) in [6.07, 6.45) is 1.46. The molecule has 0 aliphatic carbocycles. The van der Waals surface area contributed by atoms with Crippen molar-refractivity contribution >= 4 is 26.8 Å². The Morgan fingerprint density at radius 1 is 1.25 bits per heavy atom. The molecule has 0 unspecified atom stereocenters. The van der Waals surface area contributed by atoms with Crippen LogP contribution in [0.2, 0.25) is 0 Å². The number of nitrogens with zero attached hydrogens (tertiary/aromatic N) is 1. The van der Waals surface area contributed by atoms with Gasteiger partial charge in [0.2, 0.25) is 0 Å². The SMILES string of the molecule is Fc1ccnc2cc(Br)ccc12. The maximum absolute atomic E-state index is 13.1. The van der Waals surface area contributed by atoms with Crippen molar-refractivity contribution < 1.29 is 4.39 Å². The van der Waals surface area contributed by atoms with Crippen molar-refractivity contribution in [2.24, 2.45) is 0 Å². The van der Waals surface area contributed by atoms with E-state index in [9.17, 15) is 4.39 Å². The number of halogens is 2. The zero-order valence-electron chi connectivity index (χ0n) is 6.09. The molecule has 0 N–H and O–H groups in total. The molecule has 0 aliphatic heterocycles. The monoisotopic (exact) mass is 225 g/mol. The molecule has 0 saturated carbocycles. The van der Waals surface area contributed by atoms with Crippen LogP contribution in [-0.2, 0) is 0 Å². The van der Waals surface area contributed by atoms with Gasteiger partial charge in [0.05, 0.1) is 5.52 Å². The summed E-state index contributed by atoms with van der Waals surface area (Å²) >= 11 is 3.29. The highest BCUT2D eigenvalue weighted by molar-refractivity contribution is 9.10. The second-order valence-electron chi connectivity index (χ2n) is 2.45. The zero-order valence-corrected chi connectivity index (χ0v) is 7.68. The highest BCUT2D eigenvalue weighted by atomic mass is 79.9. The fourth-order valence-electron chi connectivity index (χ4n) is 1.09. The highest BCUT2D eigenvalue weighted by Gasteiger charge is 1.99. The number of hydrogen-bond donors (Lipinski definition) is 0. The largest absolute Gasteiger partial charge is 0.256 e. The normalized spacial score (nSPS) is 10.5. The number of aromatic nitrogens is 1. The standard InChI is InChI=1S/C9H5BrFN/c10-6-1-2-7-8(11)3-4-12-9(7)5-6/h1-5H. The van der Waals surface area contributed by atoms with Crippen LogP contribution < -0.4 is 0 Å². The first kappa shape index (κ1) is 7.68. The fourth-order valence-corrected chi connectivity index (χ4v) is 1.44. The quantitative estimate of drug-likeness (QED) is 0.672. The molecule has 2 aromatic rings. The molecule has 2 rings (SSSR count). The van der Waals surface area contributed by atoms with E-state index in [-0.39, 0.29) is 5.82 Å². The molecule has 1 aromatic heterocycles. The van der Waals surface area contributed by atoms with Crippen molar-refractivity contribution in [2.45, 2.75) is 0 Å². The van der Waals surface area contributed by atoms with Gasteiger partial charge in [-0.25, -0.2) is 4.39 Å². The topological polar surface area (TPSA) is 12.9 Å². The maximum Gasteiger partial charge on any atom is 0.134 e. The van der Waals surface area contributed by atoms with E-state index in [0.29, 0.717) is 10.9 Å². The van der Waals surface area contributed by atoms with Crippen LogP contribution in [0.3, 0.4) is 0 Å². The second-order valence-corrected chi connectivity index (χ2v) is 3.37. The van der Waals surface area contributed by atoms with Gasteiger partial charge < -0.3 is 0 Å². The number of rotatable bonds is 0. The Kier molecular flexibility index (Phi) is 1.81. The van der Waals surface area contributed by atoms with E-state index in [4.69, 9.17) is 0 Å².